The molecule has 1 unspecified atom stereocenters. The van der Waals surface area contributed by atoms with Gasteiger partial charge >= 0.3 is 0 Å². The molecule has 0 saturated carbocycles. The Hall–Kier alpha value is -0.520. The van der Waals surface area contributed by atoms with Crippen LogP contribution in [0.4, 0.5) is 0 Å². The van der Waals surface area contributed by atoms with Crippen molar-refractivity contribution in [2.24, 2.45) is 0 Å². The Morgan fingerprint density at radius 3 is 3.00 bits per heavy atom. The Balaban J connectivity index is 2.39. The topological polar surface area (TPSA) is 23.5 Å². The first kappa shape index (κ1) is 11.6. The number of hydrogen-bond donors (Lipinski definition) is 1. The average Bonchev–Trinajstić information content (AvgIpc) is 2.15. The third kappa shape index (κ3) is 3.32. The number of hydrogen-bond acceptors (Lipinski definition) is 2. The van der Waals surface area contributed by atoms with E-state index < -0.39 is 5.60 Å². The first-order valence-corrected chi connectivity index (χ1v) is 5.58. The van der Waals surface area contributed by atoms with E-state index in [2.05, 4.69) is 17.7 Å². The van der Waals surface area contributed by atoms with Gasteiger partial charge in [-0.2, -0.15) is 0 Å². The molecule has 0 spiro atoms. The molecule has 1 rings (SSSR count). The third-order valence-electron chi connectivity index (χ3n) is 2.92. The Morgan fingerprint density at radius 1 is 1.57 bits per heavy atom. The first-order valence-electron chi connectivity index (χ1n) is 5.58. The van der Waals surface area contributed by atoms with Crippen LogP contribution in [0.2, 0.25) is 0 Å². The summed E-state index contributed by atoms with van der Waals surface area (Å²) >= 11 is 0. The summed E-state index contributed by atoms with van der Waals surface area (Å²) < 4.78 is 0. The third-order valence-corrected chi connectivity index (χ3v) is 2.92. The summed E-state index contributed by atoms with van der Waals surface area (Å²) in [7, 11) is 0. The minimum Gasteiger partial charge on any atom is -0.389 e. The molecular formula is C12H21NO. The molecule has 2 heteroatoms. The Bertz CT molecular complexity index is 205. The second-order valence-corrected chi connectivity index (χ2v) is 4.31. The van der Waals surface area contributed by atoms with Crippen LogP contribution in [0.3, 0.4) is 0 Å². The molecule has 0 amide bonds. The molecule has 0 aliphatic carbocycles. The van der Waals surface area contributed by atoms with Gasteiger partial charge in [0.05, 0.1) is 5.60 Å². The number of nitrogens with zero attached hydrogens (tertiary/aromatic N) is 1. The summed E-state index contributed by atoms with van der Waals surface area (Å²) in [5.74, 6) is 2.65. The molecule has 0 bridgehead atoms. The van der Waals surface area contributed by atoms with Crippen LogP contribution >= 0.6 is 0 Å². The fourth-order valence-corrected chi connectivity index (χ4v) is 2.29. The van der Waals surface area contributed by atoms with Crippen molar-refractivity contribution in [1.82, 2.24) is 4.90 Å². The first-order chi connectivity index (χ1) is 6.70. The molecule has 0 aromatic rings. The predicted molar refractivity (Wildman–Crippen MR) is 59.0 cm³/mol. The molecule has 1 aliphatic rings. The van der Waals surface area contributed by atoms with Crippen molar-refractivity contribution in [3.05, 3.63) is 0 Å². The van der Waals surface area contributed by atoms with Gasteiger partial charge in [0.2, 0.25) is 0 Å². The van der Waals surface area contributed by atoms with Crippen molar-refractivity contribution in [1.29, 1.82) is 0 Å². The minimum atomic E-state index is -0.443. The van der Waals surface area contributed by atoms with Gasteiger partial charge in [-0.3, -0.25) is 4.90 Å². The van der Waals surface area contributed by atoms with E-state index in [-0.39, 0.29) is 0 Å². The highest BCUT2D eigenvalue weighted by molar-refractivity contribution is 4.90. The van der Waals surface area contributed by atoms with E-state index in [0.717, 1.165) is 51.7 Å². The highest BCUT2D eigenvalue weighted by Gasteiger charge is 2.31. The van der Waals surface area contributed by atoms with Crippen LogP contribution in [-0.4, -0.2) is 35.2 Å². The lowest BCUT2D eigenvalue weighted by molar-refractivity contribution is -0.0365. The SMILES string of the molecule is C#CCCN1CCCC(O)(CCC)C1. The number of likely N-dealkylation sites (tertiary alicyclic amines) is 1. The van der Waals surface area contributed by atoms with Gasteiger partial charge < -0.3 is 5.11 Å². The molecule has 1 fully saturated rings. The summed E-state index contributed by atoms with van der Waals surface area (Å²) in [6, 6.07) is 0. The molecule has 0 aromatic heterocycles. The largest absolute Gasteiger partial charge is 0.389 e. The summed E-state index contributed by atoms with van der Waals surface area (Å²) in [4.78, 5) is 2.29. The van der Waals surface area contributed by atoms with Crippen LogP contribution in [0.15, 0.2) is 0 Å². The van der Waals surface area contributed by atoms with E-state index in [1.807, 2.05) is 0 Å². The average molecular weight is 195 g/mol. The van der Waals surface area contributed by atoms with E-state index in [4.69, 9.17) is 6.42 Å². The molecule has 2 nitrogen and oxygen atoms in total. The van der Waals surface area contributed by atoms with Crippen molar-refractivity contribution in [2.45, 2.75) is 44.6 Å². The number of β-amino-alcohol motifs (C(OH)–C–C–N with tert-alkyl or cyclic N) is 1. The van der Waals surface area contributed by atoms with E-state index in [9.17, 15) is 5.11 Å². The van der Waals surface area contributed by atoms with Gasteiger partial charge in [0.15, 0.2) is 0 Å². The zero-order valence-electron chi connectivity index (χ0n) is 9.13. The van der Waals surface area contributed by atoms with Gasteiger partial charge in [-0.25, -0.2) is 0 Å². The zero-order valence-corrected chi connectivity index (χ0v) is 9.13. The highest BCUT2D eigenvalue weighted by Crippen LogP contribution is 2.25. The summed E-state index contributed by atoms with van der Waals surface area (Å²) in [6.45, 7) is 4.96. The van der Waals surface area contributed by atoms with Gasteiger partial charge in [-0.05, 0) is 25.8 Å². The van der Waals surface area contributed by atoms with Crippen molar-refractivity contribution in [3.63, 3.8) is 0 Å². The second-order valence-electron chi connectivity index (χ2n) is 4.31. The maximum atomic E-state index is 10.2. The molecule has 1 N–H and O–H groups in total. The van der Waals surface area contributed by atoms with Crippen LogP contribution in [0.1, 0.15) is 39.0 Å². The van der Waals surface area contributed by atoms with Gasteiger partial charge in [0, 0.05) is 19.5 Å². The molecule has 1 aliphatic heterocycles. The van der Waals surface area contributed by atoms with Crippen molar-refractivity contribution in [2.75, 3.05) is 19.6 Å². The normalized spacial score (nSPS) is 28.6. The fourth-order valence-electron chi connectivity index (χ4n) is 2.29. The number of aliphatic hydroxyl groups is 1. The quantitative estimate of drug-likeness (QED) is 0.689. The Morgan fingerprint density at radius 2 is 2.36 bits per heavy atom. The van der Waals surface area contributed by atoms with Crippen LogP contribution in [0.25, 0.3) is 0 Å². The molecule has 80 valence electrons. The molecule has 1 saturated heterocycles. The minimum absolute atomic E-state index is 0.443. The van der Waals surface area contributed by atoms with E-state index >= 15 is 0 Å². The van der Waals surface area contributed by atoms with E-state index in [0.29, 0.717) is 0 Å². The summed E-state index contributed by atoms with van der Waals surface area (Å²) in [5.41, 5.74) is -0.443. The predicted octanol–water partition coefficient (Wildman–Crippen LogP) is 1.64. The van der Waals surface area contributed by atoms with Gasteiger partial charge in [0.1, 0.15) is 0 Å². The molecule has 14 heavy (non-hydrogen) atoms. The van der Waals surface area contributed by atoms with Crippen LogP contribution in [0, 0.1) is 12.3 Å². The van der Waals surface area contributed by atoms with Gasteiger partial charge in [0.25, 0.3) is 0 Å². The maximum Gasteiger partial charge on any atom is 0.0774 e. The van der Waals surface area contributed by atoms with E-state index in [1.54, 1.807) is 0 Å². The highest BCUT2D eigenvalue weighted by atomic mass is 16.3. The zero-order chi connectivity index (χ0) is 10.4. The molecule has 0 aromatic carbocycles. The van der Waals surface area contributed by atoms with Crippen LogP contribution in [-0.2, 0) is 0 Å². The monoisotopic (exact) mass is 195 g/mol. The lowest BCUT2D eigenvalue weighted by atomic mass is 9.88. The van der Waals surface area contributed by atoms with Crippen LogP contribution in [0.5, 0.6) is 0 Å². The summed E-state index contributed by atoms with van der Waals surface area (Å²) in [6.07, 6.45) is 10.0. The molecule has 1 atom stereocenters. The Kier molecular flexibility index (Phi) is 4.44. The number of piperidine rings is 1. The van der Waals surface area contributed by atoms with E-state index in [1.165, 1.54) is 0 Å². The molecule has 1 heterocycles. The smallest absolute Gasteiger partial charge is 0.0774 e. The van der Waals surface area contributed by atoms with Crippen LogP contribution < -0.4 is 0 Å². The lowest BCUT2D eigenvalue weighted by Crippen LogP contribution is -2.48. The Labute approximate surface area is 87.3 Å². The van der Waals surface area contributed by atoms with Crippen molar-refractivity contribution < 1.29 is 5.11 Å². The standard InChI is InChI=1S/C12H21NO/c1-3-5-9-13-10-6-8-12(14,11-13)7-4-2/h1,14H,4-11H2,2H3. The maximum absolute atomic E-state index is 10.2. The van der Waals surface area contributed by atoms with Gasteiger partial charge in [-0.1, -0.05) is 13.3 Å². The lowest BCUT2D eigenvalue weighted by Gasteiger charge is -2.39. The van der Waals surface area contributed by atoms with Gasteiger partial charge in [-0.15, -0.1) is 12.3 Å². The molecular weight excluding hydrogens is 174 g/mol. The second kappa shape index (κ2) is 5.38. The fraction of sp³-hybridized carbons (Fsp3) is 0.833. The number of rotatable bonds is 4. The number of terminal acetylenes is 1. The van der Waals surface area contributed by atoms with Crippen molar-refractivity contribution in [3.8, 4) is 12.3 Å². The summed E-state index contributed by atoms with van der Waals surface area (Å²) in [5, 5.41) is 10.2. The molecule has 0 radical (unpaired) electrons. The van der Waals surface area contributed by atoms with Crippen molar-refractivity contribution >= 4 is 0 Å².